The van der Waals surface area contributed by atoms with E-state index in [9.17, 15) is 9.18 Å². The average molecular weight is 195 g/mol. The van der Waals surface area contributed by atoms with Crippen molar-refractivity contribution in [3.05, 3.63) is 35.6 Å². The van der Waals surface area contributed by atoms with Gasteiger partial charge in [0.1, 0.15) is 5.82 Å². The van der Waals surface area contributed by atoms with Crippen LogP contribution in [0.5, 0.6) is 0 Å². The van der Waals surface area contributed by atoms with E-state index in [0.29, 0.717) is 5.56 Å². The number of primary amides is 1. The summed E-state index contributed by atoms with van der Waals surface area (Å²) in [6.07, 6.45) is 1.36. The lowest BCUT2D eigenvalue weighted by Crippen LogP contribution is -2.27. The molecule has 0 aliphatic carbocycles. The van der Waals surface area contributed by atoms with Gasteiger partial charge >= 0.3 is 6.03 Å². The Morgan fingerprint density at radius 1 is 1.64 bits per heavy atom. The van der Waals surface area contributed by atoms with Crippen molar-refractivity contribution in [2.75, 3.05) is 7.05 Å². The number of benzene rings is 1. The molecule has 0 radical (unpaired) electrons. The molecule has 5 heteroatoms. The van der Waals surface area contributed by atoms with Gasteiger partial charge in [-0.2, -0.15) is 5.10 Å². The van der Waals surface area contributed by atoms with Crippen LogP contribution in [-0.2, 0) is 0 Å². The number of urea groups is 1. The van der Waals surface area contributed by atoms with E-state index < -0.39 is 6.03 Å². The van der Waals surface area contributed by atoms with Crippen LogP contribution in [0, 0.1) is 5.82 Å². The maximum Gasteiger partial charge on any atom is 0.334 e. The maximum atomic E-state index is 12.7. The predicted molar refractivity (Wildman–Crippen MR) is 51.3 cm³/mol. The molecule has 14 heavy (non-hydrogen) atoms. The van der Waals surface area contributed by atoms with Crippen LogP contribution >= 0.6 is 0 Å². The lowest BCUT2D eigenvalue weighted by molar-refractivity contribution is 0.220. The van der Waals surface area contributed by atoms with Crippen molar-refractivity contribution in [1.29, 1.82) is 0 Å². The number of nitrogens with two attached hydrogens (primary N) is 1. The van der Waals surface area contributed by atoms with Gasteiger partial charge in [-0.15, -0.1) is 0 Å². The Hall–Kier alpha value is -1.91. The largest absolute Gasteiger partial charge is 0.350 e. The molecule has 0 saturated heterocycles. The fourth-order valence-electron chi connectivity index (χ4n) is 0.797. The highest BCUT2D eigenvalue weighted by atomic mass is 19.1. The van der Waals surface area contributed by atoms with E-state index in [2.05, 4.69) is 5.10 Å². The normalized spacial score (nSPS) is 10.4. The molecule has 0 atom stereocenters. The molecule has 74 valence electrons. The minimum atomic E-state index is -0.669. The zero-order valence-corrected chi connectivity index (χ0v) is 7.64. The van der Waals surface area contributed by atoms with Crippen molar-refractivity contribution in [3.63, 3.8) is 0 Å². The van der Waals surface area contributed by atoms with Crippen molar-refractivity contribution in [2.45, 2.75) is 0 Å². The van der Waals surface area contributed by atoms with E-state index in [4.69, 9.17) is 5.73 Å². The van der Waals surface area contributed by atoms with Gasteiger partial charge in [0.25, 0.3) is 0 Å². The Balaban J connectivity index is 2.73. The highest BCUT2D eigenvalue weighted by molar-refractivity contribution is 5.81. The summed E-state index contributed by atoms with van der Waals surface area (Å²) in [7, 11) is 1.41. The summed E-state index contributed by atoms with van der Waals surface area (Å²) in [4.78, 5) is 10.5. The van der Waals surface area contributed by atoms with Crippen LogP contribution in [0.1, 0.15) is 5.56 Å². The molecule has 0 unspecified atom stereocenters. The molecule has 0 heterocycles. The zero-order valence-electron chi connectivity index (χ0n) is 7.64. The summed E-state index contributed by atoms with van der Waals surface area (Å²) in [6, 6.07) is 5.19. The molecule has 0 fully saturated rings. The number of amides is 2. The second-order valence-electron chi connectivity index (χ2n) is 2.66. The molecule has 0 bridgehead atoms. The van der Waals surface area contributed by atoms with Crippen LogP contribution in [-0.4, -0.2) is 24.3 Å². The van der Waals surface area contributed by atoms with Gasteiger partial charge < -0.3 is 5.73 Å². The zero-order chi connectivity index (χ0) is 10.6. The van der Waals surface area contributed by atoms with Crippen molar-refractivity contribution in [1.82, 2.24) is 5.01 Å². The Morgan fingerprint density at radius 2 is 2.36 bits per heavy atom. The quantitative estimate of drug-likeness (QED) is 0.559. The molecule has 2 N–H and O–H groups in total. The van der Waals surface area contributed by atoms with Crippen LogP contribution < -0.4 is 5.73 Å². The number of hydrogen-bond donors (Lipinski definition) is 1. The Bertz CT molecular complexity index is 365. The highest BCUT2D eigenvalue weighted by Gasteiger charge is 1.97. The molecule has 0 saturated carbocycles. The fraction of sp³-hybridized carbons (Fsp3) is 0.111. The minimum Gasteiger partial charge on any atom is -0.350 e. The predicted octanol–water partition coefficient (Wildman–Crippen LogP) is 1.17. The summed E-state index contributed by atoms with van der Waals surface area (Å²) in [5.41, 5.74) is 5.50. The third-order valence-electron chi connectivity index (χ3n) is 1.55. The smallest absolute Gasteiger partial charge is 0.334 e. The van der Waals surface area contributed by atoms with E-state index in [1.165, 1.54) is 25.4 Å². The lowest BCUT2D eigenvalue weighted by Gasteiger charge is -2.05. The van der Waals surface area contributed by atoms with Crippen LogP contribution in [0.3, 0.4) is 0 Å². The topological polar surface area (TPSA) is 58.7 Å². The first kappa shape index (κ1) is 10.2. The summed E-state index contributed by atoms with van der Waals surface area (Å²) in [5, 5.41) is 4.67. The number of hydrogen-bond acceptors (Lipinski definition) is 2. The van der Waals surface area contributed by atoms with Crippen LogP contribution in [0.15, 0.2) is 29.4 Å². The molecule has 1 aromatic carbocycles. The van der Waals surface area contributed by atoms with Crippen molar-refractivity contribution in [3.8, 4) is 0 Å². The summed E-state index contributed by atoms with van der Waals surface area (Å²) in [5.74, 6) is -0.351. The van der Waals surface area contributed by atoms with Gasteiger partial charge in [0.05, 0.1) is 6.21 Å². The fourth-order valence-corrected chi connectivity index (χ4v) is 0.797. The number of rotatable bonds is 2. The van der Waals surface area contributed by atoms with Gasteiger partial charge in [-0.1, -0.05) is 12.1 Å². The monoisotopic (exact) mass is 195 g/mol. The van der Waals surface area contributed by atoms with Crippen LogP contribution in [0.4, 0.5) is 9.18 Å². The van der Waals surface area contributed by atoms with Crippen molar-refractivity contribution >= 4 is 12.2 Å². The van der Waals surface area contributed by atoms with Crippen molar-refractivity contribution < 1.29 is 9.18 Å². The summed E-state index contributed by atoms with van der Waals surface area (Å²) < 4.78 is 12.7. The Morgan fingerprint density at radius 3 is 2.93 bits per heavy atom. The third kappa shape index (κ3) is 2.85. The highest BCUT2D eigenvalue weighted by Crippen LogP contribution is 2.00. The van der Waals surface area contributed by atoms with Crippen LogP contribution in [0.25, 0.3) is 0 Å². The second kappa shape index (κ2) is 4.36. The SMILES string of the molecule is CN(/N=C/c1cccc(F)c1)C(N)=O. The van der Waals surface area contributed by atoms with Gasteiger partial charge in [-0.25, -0.2) is 14.2 Å². The molecule has 2 amide bonds. The molecule has 1 aromatic rings. The maximum absolute atomic E-state index is 12.7. The first-order valence-electron chi connectivity index (χ1n) is 3.92. The summed E-state index contributed by atoms with van der Waals surface area (Å²) >= 11 is 0. The molecular weight excluding hydrogens is 185 g/mol. The molecule has 1 rings (SSSR count). The summed E-state index contributed by atoms with van der Waals surface area (Å²) in [6.45, 7) is 0. The van der Waals surface area contributed by atoms with E-state index in [1.54, 1.807) is 12.1 Å². The van der Waals surface area contributed by atoms with Crippen LogP contribution in [0.2, 0.25) is 0 Å². The molecule has 4 nitrogen and oxygen atoms in total. The molecular formula is C9H10FN3O. The van der Waals surface area contributed by atoms with E-state index in [-0.39, 0.29) is 5.82 Å². The minimum absolute atomic E-state index is 0.351. The number of halogens is 1. The second-order valence-corrected chi connectivity index (χ2v) is 2.66. The van der Waals surface area contributed by atoms with Gasteiger partial charge in [-0.05, 0) is 17.7 Å². The van der Waals surface area contributed by atoms with Gasteiger partial charge in [0, 0.05) is 7.05 Å². The van der Waals surface area contributed by atoms with Crippen molar-refractivity contribution in [2.24, 2.45) is 10.8 Å². The molecule has 0 spiro atoms. The number of carbonyl (C=O) groups excluding carboxylic acids is 1. The van der Waals surface area contributed by atoms with E-state index in [1.807, 2.05) is 0 Å². The molecule has 0 aromatic heterocycles. The first-order chi connectivity index (χ1) is 6.59. The van der Waals surface area contributed by atoms with Gasteiger partial charge in [0.15, 0.2) is 0 Å². The number of carbonyl (C=O) groups is 1. The number of nitrogens with zero attached hydrogens (tertiary/aromatic N) is 2. The first-order valence-corrected chi connectivity index (χ1v) is 3.92. The van der Waals surface area contributed by atoms with E-state index in [0.717, 1.165) is 5.01 Å². The third-order valence-corrected chi connectivity index (χ3v) is 1.55. The lowest BCUT2D eigenvalue weighted by atomic mass is 10.2. The molecule has 0 aliphatic heterocycles. The Kier molecular flexibility index (Phi) is 3.17. The Labute approximate surface area is 80.8 Å². The average Bonchev–Trinajstić information content (AvgIpc) is 2.14. The van der Waals surface area contributed by atoms with Gasteiger partial charge in [-0.3, -0.25) is 0 Å². The van der Waals surface area contributed by atoms with E-state index >= 15 is 0 Å². The standard InChI is InChI=1S/C9H10FN3O/c1-13(9(11)14)12-6-7-3-2-4-8(10)5-7/h2-6H,1H3,(H2,11,14)/b12-6+. The number of hydrazone groups is 1. The molecule has 0 aliphatic rings. The van der Waals surface area contributed by atoms with Gasteiger partial charge in [0.2, 0.25) is 0 Å².